The maximum absolute atomic E-state index is 11.1. The number of nitrogens with two attached hydrogens (primary N) is 1. The first kappa shape index (κ1) is 29.2. The highest BCUT2D eigenvalue weighted by Crippen LogP contribution is 2.44. The van der Waals surface area contributed by atoms with Crippen LogP contribution in [0.25, 0.3) is 0 Å². The summed E-state index contributed by atoms with van der Waals surface area (Å²) in [7, 11) is -4.02. The second kappa shape index (κ2) is 14.5. The SMILES string of the molecule is CCSc1cc(N)cc(SCC)c1N=Nc1c(SCC)cc(NCCS(=O)(=O)O)cc1SCC. The van der Waals surface area contributed by atoms with E-state index in [-0.39, 0.29) is 12.3 Å². The predicted molar refractivity (Wildman–Crippen MR) is 152 cm³/mol. The van der Waals surface area contributed by atoms with Crippen molar-refractivity contribution in [3.05, 3.63) is 24.3 Å². The van der Waals surface area contributed by atoms with Crippen molar-refractivity contribution in [2.24, 2.45) is 10.2 Å². The zero-order valence-corrected chi connectivity index (χ0v) is 23.9. The van der Waals surface area contributed by atoms with Crippen molar-refractivity contribution in [1.82, 2.24) is 0 Å². The van der Waals surface area contributed by atoms with Crippen LogP contribution in [0.5, 0.6) is 0 Å². The van der Waals surface area contributed by atoms with E-state index in [1.54, 1.807) is 47.0 Å². The van der Waals surface area contributed by atoms with E-state index in [2.05, 4.69) is 33.0 Å². The molecule has 0 heterocycles. The smallest absolute Gasteiger partial charge is 0.266 e. The number of azo groups is 1. The van der Waals surface area contributed by atoms with E-state index in [4.69, 9.17) is 20.5 Å². The number of rotatable bonds is 14. The summed E-state index contributed by atoms with van der Waals surface area (Å²) in [6.07, 6.45) is 0. The van der Waals surface area contributed by atoms with Gasteiger partial charge >= 0.3 is 0 Å². The standard InChI is InChI=1S/C22H32N4O3S5/c1-5-30-17-11-15(23)12-18(31-6-2)21(17)25-26-22-19(32-7-3)13-16(14-20(22)33-8-4)24-9-10-34(27,28)29/h11-14,24H,5-10,23H2,1-4H3,(H,27,28,29). The number of hydrogen-bond donors (Lipinski definition) is 3. The molecular weight excluding hydrogens is 529 g/mol. The molecule has 0 aliphatic carbocycles. The summed E-state index contributed by atoms with van der Waals surface area (Å²) in [5, 5.41) is 12.6. The largest absolute Gasteiger partial charge is 0.399 e. The highest BCUT2D eigenvalue weighted by molar-refractivity contribution is 8.00. The van der Waals surface area contributed by atoms with Gasteiger partial charge in [-0.3, -0.25) is 4.55 Å². The average Bonchev–Trinajstić information content (AvgIpc) is 2.74. The van der Waals surface area contributed by atoms with Crippen LogP contribution >= 0.6 is 47.0 Å². The van der Waals surface area contributed by atoms with Crippen molar-refractivity contribution < 1.29 is 13.0 Å². The molecule has 0 spiro atoms. The van der Waals surface area contributed by atoms with Gasteiger partial charge in [-0.15, -0.1) is 57.3 Å². The predicted octanol–water partition coefficient (Wildman–Crippen LogP) is 7.43. The lowest BCUT2D eigenvalue weighted by atomic mass is 10.2. The number of nitrogens with zero attached hydrogens (tertiary/aromatic N) is 2. The van der Waals surface area contributed by atoms with Crippen LogP contribution in [0.2, 0.25) is 0 Å². The van der Waals surface area contributed by atoms with Crippen molar-refractivity contribution in [3.8, 4) is 0 Å². The van der Waals surface area contributed by atoms with Crippen LogP contribution in [0.15, 0.2) is 54.1 Å². The molecule has 0 unspecified atom stereocenters. The minimum atomic E-state index is -4.02. The van der Waals surface area contributed by atoms with Crippen LogP contribution in [-0.4, -0.2) is 48.3 Å². The van der Waals surface area contributed by atoms with Crippen LogP contribution in [-0.2, 0) is 10.1 Å². The Bertz CT molecular complexity index is 1040. The molecule has 0 fully saturated rings. The molecule has 188 valence electrons. The molecule has 0 atom stereocenters. The molecule has 2 aromatic carbocycles. The highest BCUT2D eigenvalue weighted by Gasteiger charge is 2.15. The zero-order chi connectivity index (χ0) is 25.1. The molecule has 34 heavy (non-hydrogen) atoms. The van der Waals surface area contributed by atoms with Crippen molar-refractivity contribution in [2.45, 2.75) is 47.3 Å². The summed E-state index contributed by atoms with van der Waals surface area (Å²) in [5.74, 6) is 3.15. The molecule has 2 rings (SSSR count). The van der Waals surface area contributed by atoms with Crippen molar-refractivity contribution in [1.29, 1.82) is 0 Å². The third kappa shape index (κ3) is 9.19. The van der Waals surface area contributed by atoms with Gasteiger partial charge in [-0.1, -0.05) is 27.7 Å². The van der Waals surface area contributed by atoms with Gasteiger partial charge in [-0.2, -0.15) is 8.42 Å². The molecular formula is C22H32N4O3S5. The van der Waals surface area contributed by atoms with Crippen LogP contribution in [0.1, 0.15) is 27.7 Å². The Morgan fingerprint density at radius 3 is 1.53 bits per heavy atom. The van der Waals surface area contributed by atoms with Gasteiger partial charge in [0.1, 0.15) is 11.4 Å². The normalized spacial score (nSPS) is 11.9. The van der Waals surface area contributed by atoms with Gasteiger partial charge in [0.2, 0.25) is 0 Å². The summed E-state index contributed by atoms with van der Waals surface area (Å²) in [6, 6.07) is 7.82. The quantitative estimate of drug-likeness (QED) is 0.0938. The maximum Gasteiger partial charge on any atom is 0.266 e. The zero-order valence-electron chi connectivity index (χ0n) is 19.8. The molecule has 2 aromatic rings. The molecule has 0 aliphatic heterocycles. The topological polar surface area (TPSA) is 117 Å². The lowest BCUT2D eigenvalue weighted by Crippen LogP contribution is -2.14. The molecule has 0 aliphatic rings. The number of thioether (sulfide) groups is 4. The lowest BCUT2D eigenvalue weighted by molar-refractivity contribution is 0.484. The summed E-state index contributed by atoms with van der Waals surface area (Å²) in [4.78, 5) is 3.95. The molecule has 12 heteroatoms. The van der Waals surface area contributed by atoms with Crippen molar-refractivity contribution in [3.63, 3.8) is 0 Å². The van der Waals surface area contributed by atoms with E-state index in [1.807, 2.05) is 24.3 Å². The third-order valence-corrected chi connectivity index (χ3v) is 8.60. The monoisotopic (exact) mass is 560 g/mol. The number of nitrogen functional groups attached to an aromatic ring is 1. The molecule has 4 N–H and O–H groups in total. The minimum Gasteiger partial charge on any atom is -0.399 e. The van der Waals surface area contributed by atoms with Gasteiger partial charge < -0.3 is 11.1 Å². The van der Waals surface area contributed by atoms with E-state index in [0.717, 1.165) is 65.3 Å². The first-order chi connectivity index (χ1) is 16.2. The molecule has 7 nitrogen and oxygen atoms in total. The van der Waals surface area contributed by atoms with Gasteiger partial charge in [0.15, 0.2) is 0 Å². The van der Waals surface area contributed by atoms with Crippen LogP contribution in [0.4, 0.5) is 22.7 Å². The van der Waals surface area contributed by atoms with Gasteiger partial charge in [0, 0.05) is 37.5 Å². The fourth-order valence-electron chi connectivity index (χ4n) is 2.97. The number of hydrogen-bond acceptors (Lipinski definition) is 10. The first-order valence-corrected chi connectivity index (χ1v) is 16.5. The second-order valence-corrected chi connectivity index (χ2v) is 13.6. The fourth-order valence-corrected chi connectivity index (χ4v) is 6.71. The molecule has 0 radical (unpaired) electrons. The van der Waals surface area contributed by atoms with Gasteiger partial charge in [0.25, 0.3) is 10.1 Å². The van der Waals surface area contributed by atoms with Gasteiger partial charge in [-0.25, -0.2) is 0 Å². The fraction of sp³-hybridized carbons (Fsp3) is 0.455. The maximum atomic E-state index is 11.1. The summed E-state index contributed by atoms with van der Waals surface area (Å²) in [5.41, 5.74) is 9.28. The average molecular weight is 561 g/mol. The van der Waals surface area contributed by atoms with Gasteiger partial charge in [0.05, 0.1) is 5.75 Å². The molecule has 0 bridgehead atoms. The van der Waals surface area contributed by atoms with Crippen molar-refractivity contribution in [2.75, 3.05) is 46.4 Å². The Morgan fingerprint density at radius 1 is 0.794 bits per heavy atom. The first-order valence-electron chi connectivity index (χ1n) is 11.0. The van der Waals surface area contributed by atoms with Crippen molar-refractivity contribution >= 4 is 79.9 Å². The highest BCUT2D eigenvalue weighted by atomic mass is 32.2. The Labute approximate surface area is 220 Å². The van der Waals surface area contributed by atoms with E-state index < -0.39 is 10.1 Å². The van der Waals surface area contributed by atoms with Crippen LogP contribution in [0.3, 0.4) is 0 Å². The molecule has 0 saturated heterocycles. The Morgan fingerprint density at radius 2 is 1.18 bits per heavy atom. The van der Waals surface area contributed by atoms with Crippen LogP contribution < -0.4 is 11.1 Å². The van der Waals surface area contributed by atoms with E-state index in [1.165, 1.54) is 0 Å². The Balaban J connectivity index is 2.53. The summed E-state index contributed by atoms with van der Waals surface area (Å²) >= 11 is 6.71. The lowest BCUT2D eigenvalue weighted by Gasteiger charge is -2.14. The number of benzene rings is 2. The van der Waals surface area contributed by atoms with Crippen LogP contribution in [0, 0.1) is 0 Å². The minimum absolute atomic E-state index is 0.118. The van der Waals surface area contributed by atoms with E-state index >= 15 is 0 Å². The molecule has 0 aromatic heterocycles. The third-order valence-electron chi connectivity index (χ3n) is 4.24. The summed E-state index contributed by atoms with van der Waals surface area (Å²) < 4.78 is 31.2. The molecule has 0 saturated carbocycles. The van der Waals surface area contributed by atoms with E-state index in [0.29, 0.717) is 0 Å². The summed E-state index contributed by atoms with van der Waals surface area (Å²) in [6.45, 7) is 8.46. The number of anilines is 2. The van der Waals surface area contributed by atoms with Gasteiger partial charge in [-0.05, 0) is 47.3 Å². The molecule has 0 amide bonds. The Kier molecular flexibility index (Phi) is 12.4. The Hall–Kier alpha value is -1.05. The second-order valence-electron chi connectivity index (χ2n) is 6.83. The number of nitrogens with one attached hydrogen (secondary N) is 1. The van der Waals surface area contributed by atoms with E-state index in [9.17, 15) is 8.42 Å².